The summed E-state index contributed by atoms with van der Waals surface area (Å²) < 4.78 is 4.02. The van der Waals surface area contributed by atoms with Crippen LogP contribution in [0.15, 0.2) is 42.9 Å². The first-order valence-electron chi connectivity index (χ1n) is 7.10. The lowest BCUT2D eigenvalue weighted by Crippen LogP contribution is -2.04. The summed E-state index contributed by atoms with van der Waals surface area (Å²) in [5, 5.41) is 0. The number of hydrogen-bond donors (Lipinski definition) is 1. The van der Waals surface area contributed by atoms with Gasteiger partial charge in [-0.15, -0.1) is 0 Å². The van der Waals surface area contributed by atoms with Crippen LogP contribution in [0.2, 0.25) is 0 Å². The summed E-state index contributed by atoms with van der Waals surface area (Å²) in [6.07, 6.45) is 4.56. The van der Waals surface area contributed by atoms with Gasteiger partial charge in [0.1, 0.15) is 17.3 Å². The maximum absolute atomic E-state index is 6.35. The smallest absolute Gasteiger partial charge is 0.142 e. The summed E-state index contributed by atoms with van der Waals surface area (Å²) >= 11 is 0. The molecule has 0 bridgehead atoms. The van der Waals surface area contributed by atoms with E-state index in [9.17, 15) is 0 Å². The van der Waals surface area contributed by atoms with Crippen molar-refractivity contribution in [2.24, 2.45) is 7.05 Å². The van der Waals surface area contributed by atoms with Crippen molar-refractivity contribution in [3.05, 3.63) is 42.9 Å². The van der Waals surface area contributed by atoms with Crippen molar-refractivity contribution in [3.63, 3.8) is 0 Å². The fourth-order valence-corrected chi connectivity index (χ4v) is 2.50. The van der Waals surface area contributed by atoms with E-state index in [-0.39, 0.29) is 0 Å². The van der Waals surface area contributed by atoms with E-state index in [0.29, 0.717) is 5.82 Å². The number of aromatic nitrogens is 4. The summed E-state index contributed by atoms with van der Waals surface area (Å²) in [5.74, 6) is 1.60. The molecule has 0 saturated carbocycles. The van der Waals surface area contributed by atoms with Gasteiger partial charge in [-0.05, 0) is 6.42 Å². The van der Waals surface area contributed by atoms with Gasteiger partial charge in [-0.25, -0.2) is 9.97 Å². The van der Waals surface area contributed by atoms with Crippen LogP contribution in [0.25, 0.3) is 22.8 Å². The summed E-state index contributed by atoms with van der Waals surface area (Å²) in [6.45, 7) is 2.98. The second kappa shape index (κ2) is 5.44. The maximum Gasteiger partial charge on any atom is 0.142 e. The molecule has 0 aliphatic rings. The quantitative estimate of drug-likeness (QED) is 0.799. The zero-order chi connectivity index (χ0) is 14.8. The third kappa shape index (κ3) is 2.31. The number of nitrogens with zero attached hydrogens (tertiary/aromatic N) is 4. The molecule has 1 aromatic carbocycles. The fourth-order valence-electron chi connectivity index (χ4n) is 2.50. The number of nitrogens with two attached hydrogens (primary N) is 1. The minimum Gasteiger partial charge on any atom is -0.383 e. The van der Waals surface area contributed by atoms with E-state index >= 15 is 0 Å². The van der Waals surface area contributed by atoms with Crippen LogP contribution in [0.5, 0.6) is 0 Å². The minimum atomic E-state index is 0.694. The van der Waals surface area contributed by atoms with Crippen molar-refractivity contribution in [3.8, 4) is 22.8 Å². The first-order valence-corrected chi connectivity index (χ1v) is 7.10. The molecule has 3 rings (SSSR count). The molecule has 3 aromatic rings. The van der Waals surface area contributed by atoms with Crippen LogP contribution in [0.1, 0.15) is 13.3 Å². The Morgan fingerprint density at radius 3 is 2.57 bits per heavy atom. The number of hydrogen-bond acceptors (Lipinski definition) is 3. The largest absolute Gasteiger partial charge is 0.383 e. The van der Waals surface area contributed by atoms with Gasteiger partial charge in [0.2, 0.25) is 0 Å². The average molecular weight is 281 g/mol. The Bertz CT molecular complexity index is 739. The van der Waals surface area contributed by atoms with Crippen molar-refractivity contribution >= 4 is 5.82 Å². The Hall–Kier alpha value is -2.56. The molecule has 0 atom stereocenters. The lowest BCUT2D eigenvalue weighted by molar-refractivity contribution is 0.693. The van der Waals surface area contributed by atoms with Gasteiger partial charge in [0.05, 0.1) is 18.2 Å². The van der Waals surface area contributed by atoms with E-state index < -0.39 is 0 Å². The molecule has 21 heavy (non-hydrogen) atoms. The first-order chi connectivity index (χ1) is 10.2. The summed E-state index contributed by atoms with van der Waals surface area (Å²) in [6, 6.07) is 10.1. The standard InChI is InChI=1S/C16H19N5/c1-3-9-21-15(17)14(13-10-18-11-20(13)2)19-16(21)12-7-5-4-6-8-12/h4-8,10-11H,3,9,17H2,1-2H3. The molecule has 108 valence electrons. The Morgan fingerprint density at radius 1 is 1.19 bits per heavy atom. The highest BCUT2D eigenvalue weighted by Gasteiger charge is 2.18. The molecule has 0 saturated heterocycles. The summed E-state index contributed by atoms with van der Waals surface area (Å²) in [4.78, 5) is 8.93. The van der Waals surface area contributed by atoms with E-state index in [2.05, 4.69) is 28.6 Å². The number of rotatable bonds is 4. The summed E-state index contributed by atoms with van der Waals surface area (Å²) in [5.41, 5.74) is 9.15. The lowest BCUT2D eigenvalue weighted by atomic mass is 10.2. The first kappa shape index (κ1) is 13.4. The van der Waals surface area contributed by atoms with E-state index in [0.717, 1.165) is 35.7 Å². The molecule has 0 aliphatic carbocycles. The average Bonchev–Trinajstić information content (AvgIpc) is 3.05. The van der Waals surface area contributed by atoms with E-state index in [1.165, 1.54) is 0 Å². The maximum atomic E-state index is 6.35. The molecule has 2 N–H and O–H groups in total. The normalized spacial score (nSPS) is 11.0. The highest BCUT2D eigenvalue weighted by Crippen LogP contribution is 2.30. The van der Waals surface area contributed by atoms with Gasteiger partial charge in [-0.1, -0.05) is 37.3 Å². The molecule has 0 fully saturated rings. The third-order valence-corrected chi connectivity index (χ3v) is 3.55. The van der Waals surface area contributed by atoms with Gasteiger partial charge < -0.3 is 14.9 Å². The zero-order valence-electron chi connectivity index (χ0n) is 12.3. The molecular weight excluding hydrogens is 262 g/mol. The lowest BCUT2D eigenvalue weighted by Gasteiger charge is -2.08. The van der Waals surface area contributed by atoms with E-state index in [4.69, 9.17) is 10.7 Å². The molecule has 0 radical (unpaired) electrons. The van der Waals surface area contributed by atoms with Crippen LogP contribution < -0.4 is 5.73 Å². The predicted molar refractivity (Wildman–Crippen MR) is 84.6 cm³/mol. The van der Waals surface area contributed by atoms with Crippen molar-refractivity contribution in [2.45, 2.75) is 19.9 Å². The number of imidazole rings is 2. The molecular formula is C16H19N5. The van der Waals surface area contributed by atoms with Gasteiger partial charge in [0, 0.05) is 19.2 Å². The van der Waals surface area contributed by atoms with Crippen LogP contribution in [0.4, 0.5) is 5.82 Å². The predicted octanol–water partition coefficient (Wildman–Crippen LogP) is 2.94. The topological polar surface area (TPSA) is 61.7 Å². The van der Waals surface area contributed by atoms with Crippen LogP contribution in [0, 0.1) is 0 Å². The number of nitrogen functional groups attached to an aromatic ring is 1. The molecule has 0 unspecified atom stereocenters. The second-order valence-corrected chi connectivity index (χ2v) is 5.08. The van der Waals surface area contributed by atoms with Gasteiger partial charge in [0.15, 0.2) is 0 Å². The number of aryl methyl sites for hydroxylation is 1. The van der Waals surface area contributed by atoms with Gasteiger partial charge in [-0.2, -0.15) is 0 Å². The van der Waals surface area contributed by atoms with Gasteiger partial charge >= 0.3 is 0 Å². The van der Waals surface area contributed by atoms with Crippen LogP contribution in [0.3, 0.4) is 0 Å². The molecule has 5 nitrogen and oxygen atoms in total. The Morgan fingerprint density at radius 2 is 1.95 bits per heavy atom. The molecule has 2 heterocycles. The van der Waals surface area contributed by atoms with Crippen molar-refractivity contribution in [1.29, 1.82) is 0 Å². The Labute approximate surface area is 124 Å². The van der Waals surface area contributed by atoms with Gasteiger partial charge in [0.25, 0.3) is 0 Å². The SMILES string of the molecule is CCCn1c(-c2ccccc2)nc(-c2cncn2C)c1N. The number of benzene rings is 1. The van der Waals surface area contributed by atoms with Crippen molar-refractivity contribution in [1.82, 2.24) is 19.1 Å². The Balaban J connectivity index is 2.19. The van der Waals surface area contributed by atoms with E-state index in [1.54, 1.807) is 12.5 Å². The second-order valence-electron chi connectivity index (χ2n) is 5.08. The molecule has 0 aliphatic heterocycles. The summed E-state index contributed by atoms with van der Waals surface area (Å²) in [7, 11) is 1.95. The molecule has 5 heteroatoms. The number of anilines is 1. The molecule has 0 amide bonds. The van der Waals surface area contributed by atoms with Crippen LogP contribution in [-0.2, 0) is 13.6 Å². The van der Waals surface area contributed by atoms with Crippen LogP contribution >= 0.6 is 0 Å². The van der Waals surface area contributed by atoms with E-state index in [1.807, 2.05) is 29.8 Å². The van der Waals surface area contributed by atoms with Crippen molar-refractivity contribution < 1.29 is 0 Å². The van der Waals surface area contributed by atoms with Crippen LogP contribution in [-0.4, -0.2) is 19.1 Å². The van der Waals surface area contributed by atoms with Gasteiger partial charge in [-0.3, -0.25) is 0 Å². The minimum absolute atomic E-state index is 0.694. The third-order valence-electron chi connectivity index (χ3n) is 3.55. The highest BCUT2D eigenvalue weighted by molar-refractivity contribution is 5.73. The molecule has 2 aromatic heterocycles. The zero-order valence-corrected chi connectivity index (χ0v) is 12.3. The highest BCUT2D eigenvalue weighted by atomic mass is 15.2. The van der Waals surface area contributed by atoms with Crippen molar-refractivity contribution in [2.75, 3.05) is 5.73 Å². The Kier molecular flexibility index (Phi) is 3.48. The molecule has 0 spiro atoms. The monoisotopic (exact) mass is 281 g/mol. The fraction of sp³-hybridized carbons (Fsp3) is 0.250.